The van der Waals surface area contributed by atoms with Crippen molar-refractivity contribution < 1.29 is 4.39 Å². The largest absolute Gasteiger partial charge is 0.383 e. The molecule has 6 heteroatoms. The number of hydrogen-bond donors (Lipinski definition) is 1. The standard InChI is InChI=1S/C25H16FN5/c1-28-19-12-17(13-30-14-19)16-5-4-6-18(11-16)25(22-9-10-29-15-23(22)26)21-8-3-2-7-20(21)24(27)31-25/h2-15H,(H2,27,31). The normalized spacial score (nSPS) is 17.0. The molecule has 0 spiro atoms. The van der Waals surface area contributed by atoms with Crippen LogP contribution in [-0.2, 0) is 5.54 Å². The van der Waals surface area contributed by atoms with Gasteiger partial charge in [0.25, 0.3) is 0 Å². The zero-order valence-electron chi connectivity index (χ0n) is 16.3. The molecule has 31 heavy (non-hydrogen) atoms. The summed E-state index contributed by atoms with van der Waals surface area (Å²) >= 11 is 0. The van der Waals surface area contributed by atoms with Gasteiger partial charge in [0.15, 0.2) is 0 Å². The Kier molecular flexibility index (Phi) is 4.30. The van der Waals surface area contributed by atoms with Crippen LogP contribution in [0.3, 0.4) is 0 Å². The number of nitrogens with two attached hydrogens (primary N) is 1. The van der Waals surface area contributed by atoms with Crippen LogP contribution >= 0.6 is 0 Å². The maximum atomic E-state index is 15.1. The van der Waals surface area contributed by atoms with Crippen LogP contribution in [0, 0.1) is 12.4 Å². The van der Waals surface area contributed by atoms with Gasteiger partial charge in [-0.3, -0.25) is 9.97 Å². The van der Waals surface area contributed by atoms with Crippen LogP contribution in [0.5, 0.6) is 0 Å². The van der Waals surface area contributed by atoms with Crippen molar-refractivity contribution in [3.63, 3.8) is 0 Å². The molecule has 4 aromatic rings. The zero-order chi connectivity index (χ0) is 21.4. The van der Waals surface area contributed by atoms with Crippen LogP contribution in [0.4, 0.5) is 10.1 Å². The molecule has 0 saturated carbocycles. The van der Waals surface area contributed by atoms with Crippen LogP contribution in [0.15, 0.2) is 90.4 Å². The first-order valence-corrected chi connectivity index (χ1v) is 9.62. The third kappa shape index (κ3) is 2.87. The smallest absolute Gasteiger partial charge is 0.205 e. The summed E-state index contributed by atoms with van der Waals surface area (Å²) in [6.07, 6.45) is 5.97. The monoisotopic (exact) mass is 405 g/mol. The van der Waals surface area contributed by atoms with Gasteiger partial charge in [-0.05, 0) is 40.5 Å². The van der Waals surface area contributed by atoms with Crippen molar-refractivity contribution in [2.24, 2.45) is 10.7 Å². The van der Waals surface area contributed by atoms with E-state index in [2.05, 4.69) is 14.8 Å². The maximum absolute atomic E-state index is 15.1. The molecule has 0 bridgehead atoms. The highest BCUT2D eigenvalue weighted by Gasteiger charge is 2.44. The van der Waals surface area contributed by atoms with Gasteiger partial charge in [0.1, 0.15) is 17.2 Å². The SMILES string of the molecule is [C-]#[N+]c1cncc(-c2cccc(C3(c4ccncc4F)N=C(N)c4ccccc43)c2)c1. The number of aliphatic imine (C=N–C) groups is 1. The highest BCUT2D eigenvalue weighted by atomic mass is 19.1. The molecule has 2 aromatic heterocycles. The molecule has 3 heterocycles. The lowest BCUT2D eigenvalue weighted by atomic mass is 9.77. The molecule has 0 fully saturated rings. The van der Waals surface area contributed by atoms with Gasteiger partial charge < -0.3 is 5.73 Å². The average Bonchev–Trinajstić information content (AvgIpc) is 3.13. The van der Waals surface area contributed by atoms with Crippen molar-refractivity contribution in [2.45, 2.75) is 5.54 Å². The number of aromatic nitrogens is 2. The van der Waals surface area contributed by atoms with Crippen molar-refractivity contribution in [3.8, 4) is 11.1 Å². The first-order chi connectivity index (χ1) is 15.1. The van der Waals surface area contributed by atoms with Gasteiger partial charge in [0.05, 0.1) is 12.8 Å². The Balaban J connectivity index is 1.80. The molecule has 0 aliphatic carbocycles. The Hall–Kier alpha value is -4.37. The summed E-state index contributed by atoms with van der Waals surface area (Å²) in [6.45, 7) is 7.26. The van der Waals surface area contributed by atoms with E-state index in [4.69, 9.17) is 17.3 Å². The molecular formula is C25H16FN5. The molecule has 2 N–H and O–H groups in total. The lowest BCUT2D eigenvalue weighted by molar-refractivity contribution is 0.555. The number of benzene rings is 2. The molecule has 148 valence electrons. The second-order valence-electron chi connectivity index (χ2n) is 7.23. The summed E-state index contributed by atoms with van der Waals surface area (Å²) in [6, 6.07) is 18.7. The highest BCUT2D eigenvalue weighted by Crippen LogP contribution is 2.47. The molecule has 1 aliphatic rings. The van der Waals surface area contributed by atoms with Crippen LogP contribution in [0.2, 0.25) is 0 Å². The molecule has 5 rings (SSSR count). The molecule has 5 nitrogen and oxygen atoms in total. The van der Waals surface area contributed by atoms with Crippen molar-refractivity contribution in [3.05, 3.63) is 125 Å². The third-order valence-corrected chi connectivity index (χ3v) is 5.51. The van der Waals surface area contributed by atoms with Gasteiger partial charge in [0, 0.05) is 29.7 Å². The first kappa shape index (κ1) is 18.6. The molecule has 0 amide bonds. The summed E-state index contributed by atoms with van der Waals surface area (Å²) in [5.74, 6) is -0.105. The van der Waals surface area contributed by atoms with Gasteiger partial charge in [-0.25, -0.2) is 14.2 Å². The minimum atomic E-state index is -1.14. The second kappa shape index (κ2) is 7.15. The second-order valence-corrected chi connectivity index (χ2v) is 7.23. The topological polar surface area (TPSA) is 68.5 Å². The van der Waals surface area contributed by atoms with Crippen molar-refractivity contribution in [2.75, 3.05) is 0 Å². The van der Waals surface area contributed by atoms with Gasteiger partial charge in [-0.15, -0.1) is 0 Å². The first-order valence-electron chi connectivity index (χ1n) is 9.62. The number of nitrogens with zero attached hydrogens (tertiary/aromatic N) is 4. The number of fused-ring (bicyclic) bond motifs is 1. The highest BCUT2D eigenvalue weighted by molar-refractivity contribution is 6.03. The molecule has 0 saturated heterocycles. The summed E-state index contributed by atoms with van der Waals surface area (Å²) in [4.78, 5) is 16.4. The molecule has 1 unspecified atom stereocenters. The Labute approximate surface area is 178 Å². The third-order valence-electron chi connectivity index (χ3n) is 5.51. The van der Waals surface area contributed by atoms with Crippen LogP contribution in [0.1, 0.15) is 22.3 Å². The summed E-state index contributed by atoms with van der Waals surface area (Å²) < 4.78 is 15.1. The average molecular weight is 405 g/mol. The van der Waals surface area contributed by atoms with E-state index >= 15 is 4.39 Å². The lowest BCUT2D eigenvalue weighted by Crippen LogP contribution is -2.27. The molecule has 0 radical (unpaired) electrons. The fraction of sp³-hybridized carbons (Fsp3) is 0.0400. The van der Waals surface area contributed by atoms with Crippen LogP contribution in [0.25, 0.3) is 16.0 Å². The zero-order valence-corrected chi connectivity index (χ0v) is 16.3. The Morgan fingerprint density at radius 3 is 2.58 bits per heavy atom. The van der Waals surface area contributed by atoms with E-state index < -0.39 is 11.4 Å². The molecular weight excluding hydrogens is 389 g/mol. The van der Waals surface area contributed by atoms with E-state index in [-0.39, 0.29) is 0 Å². The number of rotatable bonds is 3. The summed E-state index contributed by atoms with van der Waals surface area (Å²) in [5, 5.41) is 0. The molecule has 1 atom stereocenters. The number of amidine groups is 1. The fourth-order valence-corrected chi connectivity index (χ4v) is 4.14. The van der Waals surface area contributed by atoms with E-state index in [1.54, 1.807) is 24.5 Å². The number of pyridine rings is 2. The van der Waals surface area contributed by atoms with E-state index in [0.29, 0.717) is 17.1 Å². The fourth-order valence-electron chi connectivity index (χ4n) is 4.14. The quantitative estimate of drug-likeness (QED) is 0.496. The predicted molar refractivity (Wildman–Crippen MR) is 117 cm³/mol. The van der Waals surface area contributed by atoms with Gasteiger partial charge in [0.2, 0.25) is 5.69 Å². The summed E-state index contributed by atoms with van der Waals surface area (Å²) in [5.41, 5.74) is 9.98. The lowest BCUT2D eigenvalue weighted by Gasteiger charge is -2.29. The van der Waals surface area contributed by atoms with E-state index in [9.17, 15) is 0 Å². The maximum Gasteiger partial charge on any atom is 0.205 e. The number of halogens is 1. The van der Waals surface area contributed by atoms with E-state index in [1.165, 1.54) is 12.4 Å². The van der Waals surface area contributed by atoms with Crippen molar-refractivity contribution in [1.82, 2.24) is 9.97 Å². The Morgan fingerprint density at radius 1 is 0.871 bits per heavy atom. The number of hydrogen-bond acceptors (Lipinski definition) is 4. The molecule has 2 aromatic carbocycles. The van der Waals surface area contributed by atoms with Crippen LogP contribution < -0.4 is 5.73 Å². The minimum absolute atomic E-state index is 0.355. The summed E-state index contributed by atoms with van der Waals surface area (Å²) in [7, 11) is 0. The van der Waals surface area contributed by atoms with E-state index in [0.717, 1.165) is 27.8 Å². The molecule has 1 aliphatic heterocycles. The minimum Gasteiger partial charge on any atom is -0.383 e. The Bertz CT molecular complexity index is 1390. The van der Waals surface area contributed by atoms with Gasteiger partial charge in [-0.1, -0.05) is 42.5 Å². The predicted octanol–water partition coefficient (Wildman–Crippen LogP) is 4.84. The van der Waals surface area contributed by atoms with Gasteiger partial charge in [-0.2, -0.15) is 0 Å². The Morgan fingerprint density at radius 2 is 1.74 bits per heavy atom. The van der Waals surface area contributed by atoms with Crippen molar-refractivity contribution in [1.29, 1.82) is 0 Å². The van der Waals surface area contributed by atoms with Crippen LogP contribution in [-0.4, -0.2) is 15.8 Å². The van der Waals surface area contributed by atoms with E-state index in [1.807, 2.05) is 48.5 Å². The van der Waals surface area contributed by atoms with Gasteiger partial charge >= 0.3 is 0 Å². The van der Waals surface area contributed by atoms with Crippen molar-refractivity contribution >= 4 is 11.5 Å².